The SMILES string of the molecule is C/C(=C1/C(=O)N(Cc2ccccc2)CC1/C=C/C(C)N1CCOCC1)c1ccccc1. The van der Waals surface area contributed by atoms with Gasteiger partial charge < -0.3 is 9.64 Å². The Morgan fingerprint density at radius 2 is 1.71 bits per heavy atom. The van der Waals surface area contributed by atoms with Gasteiger partial charge in [-0.05, 0) is 30.5 Å². The van der Waals surface area contributed by atoms with E-state index in [2.05, 4.69) is 55.2 Å². The zero-order valence-electron chi connectivity index (χ0n) is 18.5. The fourth-order valence-corrected chi connectivity index (χ4v) is 4.52. The summed E-state index contributed by atoms with van der Waals surface area (Å²) in [6.45, 7) is 9.19. The third-order valence-electron chi connectivity index (χ3n) is 6.38. The molecule has 4 heteroatoms. The first-order valence-corrected chi connectivity index (χ1v) is 11.2. The summed E-state index contributed by atoms with van der Waals surface area (Å²) in [6, 6.07) is 20.8. The molecule has 4 rings (SSSR count). The van der Waals surface area contributed by atoms with Crippen LogP contribution in [0.1, 0.15) is 25.0 Å². The predicted octanol–water partition coefficient (Wildman–Crippen LogP) is 4.40. The van der Waals surface area contributed by atoms with E-state index in [1.54, 1.807) is 0 Å². The van der Waals surface area contributed by atoms with E-state index in [0.717, 1.165) is 49.6 Å². The minimum atomic E-state index is 0.0971. The molecule has 0 bridgehead atoms. The largest absolute Gasteiger partial charge is 0.379 e. The van der Waals surface area contributed by atoms with Gasteiger partial charge in [0.05, 0.1) is 13.2 Å². The third kappa shape index (κ3) is 5.15. The van der Waals surface area contributed by atoms with Crippen molar-refractivity contribution in [1.29, 1.82) is 0 Å². The molecule has 31 heavy (non-hydrogen) atoms. The molecule has 0 radical (unpaired) electrons. The summed E-state index contributed by atoms with van der Waals surface area (Å²) in [4.78, 5) is 17.9. The lowest BCUT2D eigenvalue weighted by molar-refractivity contribution is -0.125. The van der Waals surface area contributed by atoms with E-state index < -0.39 is 0 Å². The number of allylic oxidation sites excluding steroid dienone is 1. The summed E-state index contributed by atoms with van der Waals surface area (Å²) >= 11 is 0. The molecule has 1 amide bonds. The highest BCUT2D eigenvalue weighted by molar-refractivity contribution is 6.03. The van der Waals surface area contributed by atoms with Crippen molar-refractivity contribution in [3.8, 4) is 0 Å². The van der Waals surface area contributed by atoms with Crippen LogP contribution in [0.15, 0.2) is 78.4 Å². The minimum Gasteiger partial charge on any atom is -0.379 e. The maximum absolute atomic E-state index is 13.5. The van der Waals surface area contributed by atoms with E-state index in [-0.39, 0.29) is 11.8 Å². The van der Waals surface area contributed by atoms with Crippen molar-refractivity contribution in [2.24, 2.45) is 5.92 Å². The molecule has 2 atom stereocenters. The third-order valence-corrected chi connectivity index (χ3v) is 6.38. The fraction of sp³-hybridized carbons (Fsp3) is 0.370. The molecule has 2 saturated heterocycles. The number of carbonyl (C=O) groups excluding carboxylic acids is 1. The van der Waals surface area contributed by atoms with Gasteiger partial charge >= 0.3 is 0 Å². The topological polar surface area (TPSA) is 32.8 Å². The van der Waals surface area contributed by atoms with Crippen LogP contribution >= 0.6 is 0 Å². The number of likely N-dealkylation sites (tertiary alicyclic amines) is 1. The number of amides is 1. The van der Waals surface area contributed by atoms with Crippen molar-refractivity contribution in [2.45, 2.75) is 26.4 Å². The number of carbonyl (C=O) groups is 1. The van der Waals surface area contributed by atoms with Crippen molar-refractivity contribution >= 4 is 11.5 Å². The molecule has 2 heterocycles. The van der Waals surface area contributed by atoms with Crippen LogP contribution < -0.4 is 0 Å². The molecule has 0 saturated carbocycles. The van der Waals surface area contributed by atoms with Crippen LogP contribution in [0.4, 0.5) is 0 Å². The monoisotopic (exact) mass is 416 g/mol. The zero-order chi connectivity index (χ0) is 21.6. The molecule has 0 spiro atoms. The van der Waals surface area contributed by atoms with Gasteiger partial charge in [-0.15, -0.1) is 0 Å². The van der Waals surface area contributed by atoms with E-state index in [1.807, 2.05) is 41.3 Å². The van der Waals surface area contributed by atoms with Crippen molar-refractivity contribution < 1.29 is 9.53 Å². The maximum atomic E-state index is 13.5. The second-order valence-corrected chi connectivity index (χ2v) is 8.46. The van der Waals surface area contributed by atoms with Gasteiger partial charge in [-0.3, -0.25) is 9.69 Å². The van der Waals surface area contributed by atoms with Gasteiger partial charge in [0.25, 0.3) is 5.91 Å². The van der Waals surface area contributed by atoms with Gasteiger partial charge in [-0.2, -0.15) is 0 Å². The molecule has 2 aromatic rings. The first kappa shape index (κ1) is 21.5. The van der Waals surface area contributed by atoms with Gasteiger partial charge in [0.1, 0.15) is 0 Å². The predicted molar refractivity (Wildman–Crippen MR) is 125 cm³/mol. The molecular weight excluding hydrogens is 384 g/mol. The molecular formula is C27H32N2O2. The van der Waals surface area contributed by atoms with E-state index >= 15 is 0 Å². The summed E-state index contributed by atoms with van der Waals surface area (Å²) in [7, 11) is 0. The maximum Gasteiger partial charge on any atom is 0.251 e. The molecule has 0 N–H and O–H groups in total. The molecule has 162 valence electrons. The van der Waals surface area contributed by atoms with Crippen molar-refractivity contribution in [2.75, 3.05) is 32.8 Å². The van der Waals surface area contributed by atoms with E-state index in [9.17, 15) is 4.79 Å². The number of ether oxygens (including phenoxy) is 1. The average molecular weight is 417 g/mol. The highest BCUT2D eigenvalue weighted by Crippen LogP contribution is 2.33. The number of rotatable bonds is 6. The molecule has 2 aliphatic rings. The molecule has 2 aliphatic heterocycles. The molecule has 0 aliphatic carbocycles. The van der Waals surface area contributed by atoms with Gasteiger partial charge in [0.2, 0.25) is 0 Å². The van der Waals surface area contributed by atoms with Crippen molar-refractivity contribution in [3.05, 3.63) is 89.5 Å². The second-order valence-electron chi connectivity index (χ2n) is 8.46. The first-order valence-electron chi connectivity index (χ1n) is 11.2. The van der Waals surface area contributed by atoms with Crippen LogP contribution in [0.3, 0.4) is 0 Å². The summed E-state index contributed by atoms with van der Waals surface area (Å²) in [6.07, 6.45) is 4.53. The zero-order valence-corrected chi connectivity index (χ0v) is 18.5. The molecule has 2 unspecified atom stereocenters. The van der Waals surface area contributed by atoms with Gasteiger partial charge in [-0.25, -0.2) is 0 Å². The smallest absolute Gasteiger partial charge is 0.251 e. The van der Waals surface area contributed by atoms with Crippen LogP contribution in [-0.2, 0) is 16.1 Å². The Morgan fingerprint density at radius 3 is 2.39 bits per heavy atom. The number of nitrogens with zero attached hydrogens (tertiary/aromatic N) is 2. The fourth-order valence-electron chi connectivity index (χ4n) is 4.52. The normalized spacial score (nSPS) is 22.8. The second kappa shape index (κ2) is 10.1. The van der Waals surface area contributed by atoms with Crippen LogP contribution in [0, 0.1) is 5.92 Å². The molecule has 4 nitrogen and oxygen atoms in total. The van der Waals surface area contributed by atoms with Gasteiger partial charge in [-0.1, -0.05) is 72.8 Å². The van der Waals surface area contributed by atoms with Crippen LogP contribution in [0.5, 0.6) is 0 Å². The Labute approximate surface area is 185 Å². The van der Waals surface area contributed by atoms with Gasteiger partial charge in [0, 0.05) is 43.7 Å². The summed E-state index contributed by atoms with van der Waals surface area (Å²) in [5.74, 6) is 0.249. The minimum absolute atomic E-state index is 0.0971. The van der Waals surface area contributed by atoms with Crippen LogP contribution in [0.25, 0.3) is 5.57 Å². The lowest BCUT2D eigenvalue weighted by Gasteiger charge is -2.30. The van der Waals surface area contributed by atoms with Crippen molar-refractivity contribution in [1.82, 2.24) is 9.80 Å². The lowest BCUT2D eigenvalue weighted by Crippen LogP contribution is -2.41. The number of hydrogen-bond donors (Lipinski definition) is 0. The average Bonchev–Trinajstić information content (AvgIpc) is 3.13. The van der Waals surface area contributed by atoms with Crippen LogP contribution in [-0.4, -0.2) is 54.6 Å². The first-order chi connectivity index (χ1) is 15.1. The number of morpholine rings is 1. The summed E-state index contributed by atoms with van der Waals surface area (Å²) in [5, 5.41) is 0. The quantitative estimate of drug-likeness (QED) is 0.517. The molecule has 0 aromatic heterocycles. The van der Waals surface area contributed by atoms with E-state index in [1.165, 1.54) is 5.56 Å². The standard InChI is InChI=1S/C27H32N2O2/c1-21(28-15-17-31-18-16-28)13-14-25-20-29(19-23-9-5-3-6-10-23)27(30)26(25)22(2)24-11-7-4-8-12-24/h3-14,21,25H,15-20H2,1-2H3/b14-13+,26-22-. The van der Waals surface area contributed by atoms with E-state index in [0.29, 0.717) is 12.6 Å². The number of benzene rings is 2. The molecule has 2 aromatic carbocycles. The van der Waals surface area contributed by atoms with Crippen LogP contribution in [0.2, 0.25) is 0 Å². The Bertz CT molecular complexity index is 930. The Balaban J connectivity index is 1.60. The van der Waals surface area contributed by atoms with Gasteiger partial charge in [0.15, 0.2) is 0 Å². The summed E-state index contributed by atoms with van der Waals surface area (Å²) < 4.78 is 5.49. The molecule has 2 fully saturated rings. The van der Waals surface area contributed by atoms with Crippen molar-refractivity contribution in [3.63, 3.8) is 0 Å². The Morgan fingerprint density at radius 1 is 1.06 bits per heavy atom. The Kier molecular flexibility index (Phi) is 7.00. The highest BCUT2D eigenvalue weighted by atomic mass is 16.5. The summed E-state index contributed by atoms with van der Waals surface area (Å²) in [5.41, 5.74) is 4.29. The van der Waals surface area contributed by atoms with E-state index in [4.69, 9.17) is 4.74 Å². The number of hydrogen-bond acceptors (Lipinski definition) is 3. The highest BCUT2D eigenvalue weighted by Gasteiger charge is 2.35. The lowest BCUT2D eigenvalue weighted by atomic mass is 9.92. The Hall–Kier alpha value is -2.69.